The van der Waals surface area contributed by atoms with Gasteiger partial charge in [-0.25, -0.2) is 0 Å². The molecule has 16 heavy (non-hydrogen) atoms. The van der Waals surface area contributed by atoms with Crippen molar-refractivity contribution >= 4 is 5.96 Å². The number of rotatable bonds is 3. The molecule has 0 aromatic heterocycles. The van der Waals surface area contributed by atoms with E-state index in [1.54, 1.807) is 0 Å². The van der Waals surface area contributed by atoms with Crippen LogP contribution in [0.25, 0.3) is 0 Å². The fourth-order valence-corrected chi connectivity index (χ4v) is 2.77. The van der Waals surface area contributed by atoms with E-state index in [2.05, 4.69) is 16.8 Å². The minimum atomic E-state index is 0.500. The van der Waals surface area contributed by atoms with E-state index >= 15 is 0 Å². The van der Waals surface area contributed by atoms with Gasteiger partial charge in [0.15, 0.2) is 5.96 Å². The van der Waals surface area contributed by atoms with Crippen molar-refractivity contribution in [2.75, 3.05) is 19.6 Å². The summed E-state index contributed by atoms with van der Waals surface area (Å²) >= 11 is 0. The van der Waals surface area contributed by atoms with Crippen molar-refractivity contribution in [3.8, 4) is 0 Å². The number of guanidine groups is 1. The fraction of sp³-hybridized carbons (Fsp3) is 0.923. The van der Waals surface area contributed by atoms with Crippen LogP contribution in [0.2, 0.25) is 0 Å². The van der Waals surface area contributed by atoms with Crippen LogP contribution in [-0.2, 0) is 0 Å². The number of hydrogen-bond donors (Lipinski definition) is 1. The normalized spacial score (nSPS) is 25.3. The predicted octanol–water partition coefficient (Wildman–Crippen LogP) is 2.37. The van der Waals surface area contributed by atoms with Crippen LogP contribution in [0, 0.1) is 5.41 Å². The molecule has 0 aromatic carbocycles. The van der Waals surface area contributed by atoms with Crippen LogP contribution < -0.4 is 5.73 Å². The van der Waals surface area contributed by atoms with Gasteiger partial charge in [-0.3, -0.25) is 4.99 Å². The summed E-state index contributed by atoms with van der Waals surface area (Å²) < 4.78 is 0. The zero-order valence-electron chi connectivity index (χ0n) is 10.5. The van der Waals surface area contributed by atoms with Crippen molar-refractivity contribution in [1.82, 2.24) is 4.90 Å². The first-order valence-corrected chi connectivity index (χ1v) is 6.81. The number of likely N-dealkylation sites (tertiary alicyclic amines) is 1. The Morgan fingerprint density at radius 3 is 2.38 bits per heavy atom. The lowest BCUT2D eigenvalue weighted by atomic mass is 9.67. The van der Waals surface area contributed by atoms with E-state index in [-0.39, 0.29) is 0 Å². The Labute approximate surface area is 99.1 Å². The highest BCUT2D eigenvalue weighted by Gasteiger charge is 2.34. The second-order valence-corrected chi connectivity index (χ2v) is 5.43. The molecule has 0 amide bonds. The predicted molar refractivity (Wildman–Crippen MR) is 68.5 cm³/mol. The molecule has 2 rings (SSSR count). The van der Waals surface area contributed by atoms with Crippen LogP contribution in [0.4, 0.5) is 0 Å². The third-order valence-electron chi connectivity index (χ3n) is 4.42. The molecule has 0 radical (unpaired) electrons. The third-order valence-corrected chi connectivity index (χ3v) is 4.42. The van der Waals surface area contributed by atoms with Gasteiger partial charge in [0.05, 0.1) is 0 Å². The lowest BCUT2D eigenvalue weighted by molar-refractivity contribution is 0.138. The fourth-order valence-electron chi connectivity index (χ4n) is 2.77. The number of piperidine rings is 1. The molecule has 2 fully saturated rings. The van der Waals surface area contributed by atoms with Gasteiger partial charge in [-0.05, 0) is 43.9 Å². The molecule has 0 bridgehead atoms. The second kappa shape index (κ2) is 5.07. The maximum atomic E-state index is 6.07. The third kappa shape index (κ3) is 2.50. The molecule has 0 unspecified atom stereocenters. The SMILES string of the molecule is CCC1(CN=C(N)N2CCCCC2)CCC1. The Morgan fingerprint density at radius 2 is 1.88 bits per heavy atom. The van der Waals surface area contributed by atoms with Crippen molar-refractivity contribution in [2.45, 2.75) is 51.9 Å². The Balaban J connectivity index is 1.85. The molecule has 0 spiro atoms. The van der Waals surface area contributed by atoms with Crippen LogP contribution in [0.5, 0.6) is 0 Å². The first kappa shape index (κ1) is 11.7. The second-order valence-electron chi connectivity index (χ2n) is 5.43. The van der Waals surface area contributed by atoms with Crippen molar-refractivity contribution < 1.29 is 0 Å². The molecule has 2 N–H and O–H groups in total. The van der Waals surface area contributed by atoms with Crippen LogP contribution in [0.1, 0.15) is 51.9 Å². The topological polar surface area (TPSA) is 41.6 Å². The van der Waals surface area contributed by atoms with Crippen LogP contribution >= 0.6 is 0 Å². The highest BCUT2D eigenvalue weighted by molar-refractivity contribution is 5.78. The number of nitrogens with zero attached hydrogens (tertiary/aromatic N) is 2. The molecule has 1 aliphatic heterocycles. The lowest BCUT2D eigenvalue weighted by Crippen LogP contribution is -2.42. The zero-order valence-corrected chi connectivity index (χ0v) is 10.5. The summed E-state index contributed by atoms with van der Waals surface area (Å²) in [6.07, 6.45) is 9.23. The summed E-state index contributed by atoms with van der Waals surface area (Å²) in [5.41, 5.74) is 6.57. The van der Waals surface area contributed by atoms with Gasteiger partial charge in [0.25, 0.3) is 0 Å². The molecule has 0 atom stereocenters. The molecule has 2 aliphatic rings. The highest BCUT2D eigenvalue weighted by atomic mass is 15.3. The van der Waals surface area contributed by atoms with Crippen molar-refractivity contribution in [2.24, 2.45) is 16.1 Å². The minimum Gasteiger partial charge on any atom is -0.370 e. The molecule has 0 aromatic rings. The van der Waals surface area contributed by atoms with E-state index in [1.165, 1.54) is 44.9 Å². The molecular formula is C13H25N3. The van der Waals surface area contributed by atoms with E-state index in [9.17, 15) is 0 Å². The van der Waals surface area contributed by atoms with Crippen LogP contribution in [0.3, 0.4) is 0 Å². The van der Waals surface area contributed by atoms with E-state index in [1.807, 2.05) is 0 Å². The van der Waals surface area contributed by atoms with Gasteiger partial charge < -0.3 is 10.6 Å². The number of hydrogen-bond acceptors (Lipinski definition) is 1. The van der Waals surface area contributed by atoms with Crippen molar-refractivity contribution in [3.05, 3.63) is 0 Å². The van der Waals surface area contributed by atoms with Gasteiger partial charge in [-0.1, -0.05) is 13.3 Å². The minimum absolute atomic E-state index is 0.500. The Kier molecular flexibility index (Phi) is 3.72. The number of aliphatic imine (C=N–C) groups is 1. The molecular weight excluding hydrogens is 198 g/mol. The summed E-state index contributed by atoms with van der Waals surface area (Å²) in [6, 6.07) is 0. The first-order valence-electron chi connectivity index (χ1n) is 6.81. The summed E-state index contributed by atoms with van der Waals surface area (Å²) in [5, 5.41) is 0. The average molecular weight is 223 g/mol. The van der Waals surface area contributed by atoms with E-state index < -0.39 is 0 Å². The van der Waals surface area contributed by atoms with Crippen molar-refractivity contribution in [3.63, 3.8) is 0 Å². The zero-order chi connectivity index (χ0) is 11.4. The van der Waals surface area contributed by atoms with Crippen molar-refractivity contribution in [1.29, 1.82) is 0 Å². The molecule has 1 saturated heterocycles. The van der Waals surface area contributed by atoms with Gasteiger partial charge >= 0.3 is 0 Å². The average Bonchev–Trinajstić information content (AvgIpc) is 2.29. The number of nitrogens with two attached hydrogens (primary N) is 1. The van der Waals surface area contributed by atoms with Gasteiger partial charge in [0.2, 0.25) is 0 Å². The smallest absolute Gasteiger partial charge is 0.191 e. The first-order chi connectivity index (χ1) is 7.76. The summed E-state index contributed by atoms with van der Waals surface area (Å²) in [6.45, 7) is 5.44. The largest absolute Gasteiger partial charge is 0.370 e. The van der Waals surface area contributed by atoms with Gasteiger partial charge in [-0.15, -0.1) is 0 Å². The molecule has 3 heteroatoms. The molecule has 92 valence electrons. The Morgan fingerprint density at radius 1 is 1.19 bits per heavy atom. The quantitative estimate of drug-likeness (QED) is 0.589. The van der Waals surface area contributed by atoms with Gasteiger partial charge in [-0.2, -0.15) is 0 Å². The molecule has 1 heterocycles. The highest BCUT2D eigenvalue weighted by Crippen LogP contribution is 2.43. The van der Waals surface area contributed by atoms with Crippen LogP contribution in [0.15, 0.2) is 4.99 Å². The lowest BCUT2D eigenvalue weighted by Gasteiger charge is -2.40. The summed E-state index contributed by atoms with van der Waals surface area (Å²) in [5.74, 6) is 0.791. The Bertz CT molecular complexity index is 244. The van der Waals surface area contributed by atoms with Gasteiger partial charge in [0, 0.05) is 19.6 Å². The van der Waals surface area contributed by atoms with E-state index in [4.69, 9.17) is 5.73 Å². The standard InChI is InChI=1S/C13H25N3/c1-2-13(7-6-8-13)11-15-12(14)16-9-4-3-5-10-16/h2-11H2,1H3,(H2,14,15). The monoisotopic (exact) mass is 223 g/mol. The summed E-state index contributed by atoms with van der Waals surface area (Å²) in [7, 11) is 0. The van der Waals surface area contributed by atoms with E-state index in [0.29, 0.717) is 5.41 Å². The summed E-state index contributed by atoms with van der Waals surface area (Å²) in [4.78, 5) is 6.89. The molecule has 1 saturated carbocycles. The van der Waals surface area contributed by atoms with Crippen LogP contribution in [-0.4, -0.2) is 30.5 Å². The molecule has 1 aliphatic carbocycles. The Hall–Kier alpha value is -0.730. The molecule has 3 nitrogen and oxygen atoms in total. The van der Waals surface area contributed by atoms with Gasteiger partial charge in [0.1, 0.15) is 0 Å². The van der Waals surface area contributed by atoms with E-state index in [0.717, 1.165) is 25.6 Å². The maximum absolute atomic E-state index is 6.07. The maximum Gasteiger partial charge on any atom is 0.191 e.